The van der Waals surface area contributed by atoms with Crippen molar-refractivity contribution in [1.82, 2.24) is 0 Å². The third-order valence-corrected chi connectivity index (χ3v) is 3.81. The van der Waals surface area contributed by atoms with Crippen LogP contribution in [0.3, 0.4) is 0 Å². The lowest BCUT2D eigenvalue weighted by Gasteiger charge is -2.22. The van der Waals surface area contributed by atoms with Gasteiger partial charge in [-0.1, -0.05) is 35.9 Å². The highest BCUT2D eigenvalue weighted by atomic mass is 35.5. The number of carbonyl (C=O) groups is 1. The minimum atomic E-state index is -4.51. The fourth-order valence-electron chi connectivity index (χ4n) is 2.28. The molecule has 0 heterocycles. The van der Waals surface area contributed by atoms with Crippen molar-refractivity contribution in [3.8, 4) is 5.75 Å². The molecule has 2 N–H and O–H groups in total. The summed E-state index contributed by atoms with van der Waals surface area (Å²) in [5, 5.41) is 11.8. The monoisotopic (exact) mass is 387 g/mol. The maximum atomic E-state index is 13.2. The normalized spacial score (nSPS) is 12.5. The average molecular weight is 388 g/mol. The zero-order valence-electron chi connectivity index (χ0n) is 13.6. The number of aliphatic carboxylic acids is 1. The fraction of sp³-hybridized carbons (Fsp3) is 0.278. The molecule has 0 amide bonds. The smallest absolute Gasteiger partial charge is 0.425 e. The van der Waals surface area contributed by atoms with Gasteiger partial charge in [-0.3, -0.25) is 4.79 Å². The number of benzene rings is 2. The average Bonchev–Trinajstić information content (AvgIpc) is 2.55. The summed E-state index contributed by atoms with van der Waals surface area (Å²) >= 11 is 6.04. The van der Waals surface area contributed by atoms with Gasteiger partial charge in [0.2, 0.25) is 0 Å². The number of hydrogen-bond donors (Lipinski definition) is 2. The van der Waals surface area contributed by atoms with Gasteiger partial charge in [-0.05, 0) is 29.8 Å². The van der Waals surface area contributed by atoms with Crippen molar-refractivity contribution in [1.29, 1.82) is 0 Å². The number of halogens is 4. The van der Waals surface area contributed by atoms with Gasteiger partial charge in [-0.2, -0.15) is 13.2 Å². The molecular weight excluding hydrogens is 371 g/mol. The Balaban J connectivity index is 1.96. The minimum Gasteiger partial charge on any atom is -0.481 e. The van der Waals surface area contributed by atoms with E-state index in [0.717, 1.165) is 0 Å². The summed E-state index contributed by atoms with van der Waals surface area (Å²) in [4.78, 5) is 10.7. The van der Waals surface area contributed by atoms with E-state index in [-0.39, 0.29) is 30.2 Å². The summed E-state index contributed by atoms with van der Waals surface area (Å²) in [6, 6.07) is 12.4. The topological polar surface area (TPSA) is 58.6 Å². The molecule has 0 aliphatic rings. The first kappa shape index (κ1) is 19.9. The molecule has 1 atom stereocenters. The molecule has 2 aromatic carbocycles. The number of para-hydroxylation sites is 1. The summed E-state index contributed by atoms with van der Waals surface area (Å²) in [6.45, 7) is -0.0188. The predicted molar refractivity (Wildman–Crippen MR) is 92.8 cm³/mol. The standard InChI is InChI=1S/C18H17ClF3NO3/c19-14-10-12(11-17(24)25)6-7-15(14)23-9-8-16(18(20,21)22)26-13-4-2-1-3-5-13/h1-7,10,16,23H,8-9,11H2,(H,24,25). The number of rotatable bonds is 8. The molecule has 0 fully saturated rings. The molecule has 0 aromatic heterocycles. The van der Waals surface area contributed by atoms with Crippen molar-refractivity contribution >= 4 is 23.3 Å². The van der Waals surface area contributed by atoms with Gasteiger partial charge in [-0.15, -0.1) is 0 Å². The van der Waals surface area contributed by atoms with Crippen LogP contribution in [-0.2, 0) is 11.2 Å². The summed E-state index contributed by atoms with van der Waals surface area (Å²) < 4.78 is 44.5. The van der Waals surface area contributed by atoms with E-state index in [1.54, 1.807) is 30.3 Å². The summed E-state index contributed by atoms with van der Waals surface area (Å²) in [6.07, 6.45) is -6.96. The molecule has 26 heavy (non-hydrogen) atoms. The van der Waals surface area contributed by atoms with E-state index in [9.17, 15) is 18.0 Å². The first-order chi connectivity index (χ1) is 12.3. The van der Waals surface area contributed by atoms with Crippen LogP contribution in [0.2, 0.25) is 5.02 Å². The van der Waals surface area contributed by atoms with Gasteiger partial charge in [0.15, 0.2) is 6.10 Å². The molecule has 2 aromatic rings. The van der Waals surface area contributed by atoms with Crippen LogP contribution in [0, 0.1) is 0 Å². The Hall–Kier alpha value is -2.41. The third kappa shape index (κ3) is 6.15. The van der Waals surface area contributed by atoms with Crippen molar-refractivity contribution in [2.24, 2.45) is 0 Å². The highest BCUT2D eigenvalue weighted by molar-refractivity contribution is 6.33. The second-order valence-electron chi connectivity index (χ2n) is 5.56. The Morgan fingerprint density at radius 1 is 1.19 bits per heavy atom. The van der Waals surface area contributed by atoms with Crippen LogP contribution in [-0.4, -0.2) is 29.9 Å². The quantitative estimate of drug-likeness (QED) is 0.684. The van der Waals surface area contributed by atoms with Crippen molar-refractivity contribution < 1.29 is 27.8 Å². The predicted octanol–water partition coefficient (Wildman–Crippen LogP) is 4.78. The number of alkyl halides is 3. The molecule has 2 rings (SSSR count). The van der Waals surface area contributed by atoms with Crippen LogP contribution in [0.15, 0.2) is 48.5 Å². The molecule has 8 heteroatoms. The first-order valence-corrected chi connectivity index (χ1v) is 8.16. The summed E-state index contributed by atoms with van der Waals surface area (Å²) in [5.41, 5.74) is 0.940. The number of hydrogen-bond acceptors (Lipinski definition) is 3. The molecule has 0 aliphatic heterocycles. The van der Waals surface area contributed by atoms with Crippen molar-refractivity contribution in [3.05, 3.63) is 59.1 Å². The van der Waals surface area contributed by atoms with Crippen LogP contribution in [0.5, 0.6) is 5.75 Å². The molecule has 0 aliphatic carbocycles. The molecule has 0 bridgehead atoms. The van der Waals surface area contributed by atoms with E-state index < -0.39 is 18.2 Å². The third-order valence-electron chi connectivity index (χ3n) is 3.50. The molecule has 1 unspecified atom stereocenters. The number of ether oxygens (including phenoxy) is 1. The van der Waals surface area contributed by atoms with Gasteiger partial charge >= 0.3 is 12.1 Å². The van der Waals surface area contributed by atoms with Gasteiger partial charge in [0.05, 0.1) is 17.1 Å². The SMILES string of the molecule is O=C(O)Cc1ccc(NCCC(Oc2ccccc2)C(F)(F)F)c(Cl)c1. The molecule has 140 valence electrons. The molecular formula is C18H17ClF3NO3. The van der Waals surface area contributed by atoms with E-state index >= 15 is 0 Å². The lowest BCUT2D eigenvalue weighted by atomic mass is 10.1. The van der Waals surface area contributed by atoms with Crippen LogP contribution in [0.25, 0.3) is 0 Å². The molecule has 0 radical (unpaired) electrons. The van der Waals surface area contributed by atoms with Gasteiger partial charge in [0.25, 0.3) is 0 Å². The Labute approximate surface area is 153 Å². The van der Waals surface area contributed by atoms with E-state index in [2.05, 4.69) is 5.32 Å². The number of nitrogens with one attached hydrogen (secondary N) is 1. The van der Waals surface area contributed by atoms with E-state index in [0.29, 0.717) is 11.3 Å². The minimum absolute atomic E-state index is 0.0188. The Morgan fingerprint density at radius 3 is 2.46 bits per heavy atom. The molecule has 0 spiro atoms. The maximum absolute atomic E-state index is 13.2. The lowest BCUT2D eigenvalue weighted by Crippen LogP contribution is -2.36. The highest BCUT2D eigenvalue weighted by Gasteiger charge is 2.41. The zero-order chi connectivity index (χ0) is 19.2. The zero-order valence-corrected chi connectivity index (χ0v) is 14.3. The van der Waals surface area contributed by atoms with Crippen molar-refractivity contribution in [2.75, 3.05) is 11.9 Å². The van der Waals surface area contributed by atoms with Gasteiger partial charge < -0.3 is 15.2 Å². The largest absolute Gasteiger partial charge is 0.481 e. The van der Waals surface area contributed by atoms with Crippen LogP contribution >= 0.6 is 11.6 Å². The fourth-order valence-corrected chi connectivity index (χ4v) is 2.55. The van der Waals surface area contributed by atoms with E-state index in [1.807, 2.05) is 0 Å². The van der Waals surface area contributed by atoms with Crippen molar-refractivity contribution in [3.63, 3.8) is 0 Å². The number of anilines is 1. The van der Waals surface area contributed by atoms with Crippen LogP contribution in [0.4, 0.5) is 18.9 Å². The highest BCUT2D eigenvalue weighted by Crippen LogP contribution is 2.28. The van der Waals surface area contributed by atoms with Gasteiger partial charge in [0.1, 0.15) is 5.75 Å². The molecule has 4 nitrogen and oxygen atoms in total. The van der Waals surface area contributed by atoms with Crippen LogP contribution in [0.1, 0.15) is 12.0 Å². The maximum Gasteiger partial charge on any atom is 0.425 e. The lowest BCUT2D eigenvalue weighted by molar-refractivity contribution is -0.195. The number of carboxylic acids is 1. The van der Waals surface area contributed by atoms with Gasteiger partial charge in [0, 0.05) is 13.0 Å². The Kier molecular flexibility index (Phi) is 6.74. The van der Waals surface area contributed by atoms with E-state index in [4.69, 9.17) is 21.4 Å². The number of carboxylic acid groups (broad SMARTS) is 1. The molecule has 0 saturated heterocycles. The summed E-state index contributed by atoms with van der Waals surface area (Å²) in [7, 11) is 0. The van der Waals surface area contributed by atoms with Crippen molar-refractivity contribution in [2.45, 2.75) is 25.1 Å². The first-order valence-electron chi connectivity index (χ1n) is 7.78. The Bertz CT molecular complexity index is 738. The molecule has 0 saturated carbocycles. The van der Waals surface area contributed by atoms with Gasteiger partial charge in [-0.25, -0.2) is 0 Å². The second-order valence-corrected chi connectivity index (χ2v) is 5.97. The van der Waals surface area contributed by atoms with E-state index in [1.165, 1.54) is 18.2 Å². The summed E-state index contributed by atoms with van der Waals surface area (Å²) in [5.74, 6) is -0.848. The Morgan fingerprint density at radius 2 is 1.88 bits per heavy atom. The van der Waals surface area contributed by atoms with Crippen LogP contribution < -0.4 is 10.1 Å². The second kappa shape index (κ2) is 8.80.